The zero-order valence-electron chi connectivity index (χ0n) is 10.0. The molecule has 1 aromatic rings. The van der Waals surface area contributed by atoms with Crippen LogP contribution in [-0.4, -0.2) is 23.5 Å². The van der Waals surface area contributed by atoms with Crippen molar-refractivity contribution in [1.29, 1.82) is 5.26 Å². The molecule has 1 aromatic carbocycles. The van der Waals surface area contributed by atoms with E-state index in [1.807, 2.05) is 6.07 Å². The predicted molar refractivity (Wildman–Crippen MR) is 64.9 cm³/mol. The molecule has 5 heteroatoms. The monoisotopic (exact) mass is 246 g/mol. The maximum absolute atomic E-state index is 11.7. The van der Waals surface area contributed by atoms with Crippen molar-refractivity contribution in [1.82, 2.24) is 5.32 Å². The van der Waals surface area contributed by atoms with Crippen LogP contribution in [0.5, 0.6) is 0 Å². The highest BCUT2D eigenvalue weighted by atomic mass is 16.4. The third-order valence-electron chi connectivity index (χ3n) is 2.60. The molecular formula is C13H14N2O3. The lowest BCUT2D eigenvalue weighted by atomic mass is 10.1. The Kier molecular flexibility index (Phi) is 4.88. The molecule has 1 unspecified atom stereocenters. The molecule has 0 bridgehead atoms. The summed E-state index contributed by atoms with van der Waals surface area (Å²) >= 11 is 0. The van der Waals surface area contributed by atoms with Gasteiger partial charge in [-0.05, 0) is 24.6 Å². The molecule has 0 aliphatic heterocycles. The lowest BCUT2D eigenvalue weighted by Gasteiger charge is -2.11. The summed E-state index contributed by atoms with van der Waals surface area (Å²) in [6.07, 6.45) is 0.452. The van der Waals surface area contributed by atoms with Crippen LogP contribution >= 0.6 is 0 Å². The van der Waals surface area contributed by atoms with E-state index in [0.717, 1.165) is 0 Å². The van der Waals surface area contributed by atoms with Crippen molar-refractivity contribution in [3.8, 4) is 6.07 Å². The van der Waals surface area contributed by atoms with Crippen LogP contribution in [0.1, 0.15) is 29.3 Å². The number of aliphatic carboxylic acids is 1. The standard InChI is InChI=1S/C13H14N2O3/c1-2-10(13(17)18)8-15-12(16)11-5-3-4-9(6-11)7-14/h3-6,10H,2,8H2,1H3,(H,15,16)(H,17,18). The van der Waals surface area contributed by atoms with Crippen molar-refractivity contribution in [2.24, 2.45) is 5.92 Å². The second-order valence-electron chi connectivity index (χ2n) is 3.85. The molecule has 0 spiro atoms. The minimum Gasteiger partial charge on any atom is -0.481 e. The number of carbonyl (C=O) groups is 2. The molecule has 1 amide bonds. The molecule has 18 heavy (non-hydrogen) atoms. The van der Waals surface area contributed by atoms with E-state index < -0.39 is 11.9 Å². The fourth-order valence-electron chi connectivity index (χ4n) is 1.45. The van der Waals surface area contributed by atoms with Gasteiger partial charge in [0.1, 0.15) is 0 Å². The number of rotatable bonds is 5. The Balaban J connectivity index is 2.65. The number of hydrogen-bond donors (Lipinski definition) is 2. The van der Waals surface area contributed by atoms with Crippen LogP contribution in [0, 0.1) is 17.2 Å². The van der Waals surface area contributed by atoms with Gasteiger partial charge in [-0.25, -0.2) is 0 Å². The van der Waals surface area contributed by atoms with E-state index in [9.17, 15) is 9.59 Å². The SMILES string of the molecule is CCC(CNC(=O)c1cccc(C#N)c1)C(=O)O. The fourth-order valence-corrected chi connectivity index (χ4v) is 1.45. The normalized spacial score (nSPS) is 11.3. The molecule has 5 nitrogen and oxygen atoms in total. The van der Waals surface area contributed by atoms with Gasteiger partial charge in [0.05, 0.1) is 17.6 Å². The predicted octanol–water partition coefficient (Wildman–Crippen LogP) is 1.40. The average molecular weight is 246 g/mol. The first-order valence-corrected chi connectivity index (χ1v) is 5.59. The van der Waals surface area contributed by atoms with Gasteiger partial charge in [0, 0.05) is 12.1 Å². The quantitative estimate of drug-likeness (QED) is 0.821. The smallest absolute Gasteiger partial charge is 0.308 e. The van der Waals surface area contributed by atoms with Crippen LogP contribution in [0.3, 0.4) is 0 Å². The number of nitriles is 1. The Morgan fingerprint density at radius 3 is 2.78 bits per heavy atom. The second-order valence-corrected chi connectivity index (χ2v) is 3.85. The number of amides is 1. The van der Waals surface area contributed by atoms with Crippen molar-refractivity contribution in [3.05, 3.63) is 35.4 Å². The lowest BCUT2D eigenvalue weighted by molar-refractivity contribution is -0.141. The molecular weight excluding hydrogens is 232 g/mol. The Labute approximate surface area is 105 Å². The van der Waals surface area contributed by atoms with E-state index in [1.165, 1.54) is 6.07 Å². The molecule has 1 rings (SSSR count). The van der Waals surface area contributed by atoms with Gasteiger partial charge in [0.25, 0.3) is 5.91 Å². The van der Waals surface area contributed by atoms with Crippen molar-refractivity contribution in [3.63, 3.8) is 0 Å². The number of nitrogens with zero attached hydrogens (tertiary/aromatic N) is 1. The molecule has 94 valence electrons. The summed E-state index contributed by atoms with van der Waals surface area (Å²) in [6.45, 7) is 1.84. The van der Waals surface area contributed by atoms with Crippen LogP contribution in [0.4, 0.5) is 0 Å². The zero-order valence-corrected chi connectivity index (χ0v) is 10.0. The summed E-state index contributed by atoms with van der Waals surface area (Å²) in [4.78, 5) is 22.5. The lowest BCUT2D eigenvalue weighted by Crippen LogP contribution is -2.32. The fraction of sp³-hybridized carbons (Fsp3) is 0.308. The second kappa shape index (κ2) is 6.40. The molecule has 0 fully saturated rings. The van der Waals surface area contributed by atoms with E-state index >= 15 is 0 Å². The number of carboxylic acids is 1. The van der Waals surface area contributed by atoms with E-state index in [1.54, 1.807) is 25.1 Å². The number of carboxylic acid groups (broad SMARTS) is 1. The van der Waals surface area contributed by atoms with Gasteiger partial charge < -0.3 is 10.4 Å². The largest absolute Gasteiger partial charge is 0.481 e. The summed E-state index contributed by atoms with van der Waals surface area (Å²) < 4.78 is 0. The Hall–Kier alpha value is -2.35. The van der Waals surface area contributed by atoms with E-state index in [2.05, 4.69) is 5.32 Å². The van der Waals surface area contributed by atoms with E-state index in [4.69, 9.17) is 10.4 Å². The summed E-state index contributed by atoms with van der Waals surface area (Å²) in [5.41, 5.74) is 0.752. The van der Waals surface area contributed by atoms with Gasteiger partial charge >= 0.3 is 5.97 Å². The van der Waals surface area contributed by atoms with E-state index in [0.29, 0.717) is 17.5 Å². The topological polar surface area (TPSA) is 90.2 Å². The average Bonchev–Trinajstić information content (AvgIpc) is 2.38. The molecule has 0 aliphatic rings. The van der Waals surface area contributed by atoms with Crippen LogP contribution in [0.2, 0.25) is 0 Å². The molecule has 1 atom stereocenters. The number of hydrogen-bond acceptors (Lipinski definition) is 3. The zero-order chi connectivity index (χ0) is 13.5. The highest BCUT2D eigenvalue weighted by Crippen LogP contribution is 2.05. The number of benzene rings is 1. The van der Waals surface area contributed by atoms with Gasteiger partial charge in [0.2, 0.25) is 0 Å². The van der Waals surface area contributed by atoms with Gasteiger partial charge in [-0.2, -0.15) is 5.26 Å². The molecule has 0 aromatic heterocycles. The van der Waals surface area contributed by atoms with Gasteiger partial charge in [-0.15, -0.1) is 0 Å². The van der Waals surface area contributed by atoms with Crippen LogP contribution < -0.4 is 5.32 Å². The maximum atomic E-state index is 11.7. The summed E-state index contributed by atoms with van der Waals surface area (Å²) in [6, 6.07) is 8.21. The van der Waals surface area contributed by atoms with Gasteiger partial charge in [-0.1, -0.05) is 13.0 Å². The first kappa shape index (κ1) is 13.7. The van der Waals surface area contributed by atoms with Crippen molar-refractivity contribution < 1.29 is 14.7 Å². The van der Waals surface area contributed by atoms with Crippen LogP contribution in [0.25, 0.3) is 0 Å². The van der Waals surface area contributed by atoms with Crippen molar-refractivity contribution in [2.45, 2.75) is 13.3 Å². The highest BCUT2D eigenvalue weighted by Gasteiger charge is 2.16. The molecule has 0 heterocycles. The minimum atomic E-state index is -0.927. The first-order chi connectivity index (χ1) is 8.58. The third-order valence-corrected chi connectivity index (χ3v) is 2.60. The van der Waals surface area contributed by atoms with Crippen molar-refractivity contribution >= 4 is 11.9 Å². The summed E-state index contributed by atoms with van der Waals surface area (Å²) in [5.74, 6) is -1.89. The number of carbonyl (C=O) groups excluding carboxylic acids is 1. The molecule has 0 saturated carbocycles. The van der Waals surface area contributed by atoms with E-state index in [-0.39, 0.29) is 12.5 Å². The third kappa shape index (κ3) is 3.59. The number of nitrogens with one attached hydrogen (secondary N) is 1. The van der Waals surface area contributed by atoms with Gasteiger partial charge in [-0.3, -0.25) is 9.59 Å². The summed E-state index contributed by atoms with van der Waals surface area (Å²) in [7, 11) is 0. The Morgan fingerprint density at radius 1 is 1.50 bits per heavy atom. The highest BCUT2D eigenvalue weighted by molar-refractivity contribution is 5.94. The molecule has 0 saturated heterocycles. The van der Waals surface area contributed by atoms with Crippen LogP contribution in [-0.2, 0) is 4.79 Å². The maximum Gasteiger partial charge on any atom is 0.308 e. The Bertz CT molecular complexity index is 491. The van der Waals surface area contributed by atoms with Crippen LogP contribution in [0.15, 0.2) is 24.3 Å². The minimum absolute atomic E-state index is 0.0848. The van der Waals surface area contributed by atoms with Gasteiger partial charge in [0.15, 0.2) is 0 Å². The van der Waals surface area contributed by atoms with Crippen molar-refractivity contribution in [2.75, 3.05) is 6.54 Å². The molecule has 2 N–H and O–H groups in total. The Morgan fingerprint density at radius 2 is 2.22 bits per heavy atom. The first-order valence-electron chi connectivity index (χ1n) is 5.59. The summed E-state index contributed by atoms with van der Waals surface area (Å²) in [5, 5.41) is 20.1. The molecule has 0 radical (unpaired) electrons. The molecule has 0 aliphatic carbocycles.